The standard InChI is InChI=1S/C18H25F3N2O3/c1-12-7-9-23(16(24)26-17(2,3)4)10-13(12)11-25-14-6-5-8-22-15(14)18(19,20)21/h5-6,8,12-13H,7,9-11H2,1-4H3. The number of carbonyl (C=O) groups excluding carboxylic acids is 1. The lowest BCUT2D eigenvalue weighted by Gasteiger charge is -2.37. The van der Waals surface area contributed by atoms with Crippen molar-refractivity contribution >= 4 is 6.09 Å². The Morgan fingerprint density at radius 2 is 2.04 bits per heavy atom. The molecule has 1 amide bonds. The largest absolute Gasteiger partial charge is 0.491 e. The van der Waals surface area contributed by atoms with Gasteiger partial charge in [-0.05, 0) is 45.2 Å². The highest BCUT2D eigenvalue weighted by Crippen LogP contribution is 2.35. The van der Waals surface area contributed by atoms with Crippen LogP contribution in [-0.4, -0.2) is 41.3 Å². The van der Waals surface area contributed by atoms with E-state index in [1.807, 2.05) is 6.92 Å². The number of hydrogen-bond acceptors (Lipinski definition) is 4. The highest BCUT2D eigenvalue weighted by Gasteiger charge is 2.37. The molecule has 0 bridgehead atoms. The van der Waals surface area contributed by atoms with Gasteiger partial charge in [0, 0.05) is 25.2 Å². The van der Waals surface area contributed by atoms with Gasteiger partial charge in [-0.25, -0.2) is 9.78 Å². The summed E-state index contributed by atoms with van der Waals surface area (Å²) in [4.78, 5) is 17.2. The highest BCUT2D eigenvalue weighted by molar-refractivity contribution is 5.68. The molecule has 1 aliphatic heterocycles. The molecule has 2 rings (SSSR count). The normalized spacial score (nSPS) is 21.4. The lowest BCUT2D eigenvalue weighted by Crippen LogP contribution is -2.46. The van der Waals surface area contributed by atoms with E-state index < -0.39 is 23.6 Å². The number of likely N-dealkylation sites (tertiary alicyclic amines) is 1. The van der Waals surface area contributed by atoms with Gasteiger partial charge in [0.15, 0.2) is 5.69 Å². The monoisotopic (exact) mass is 374 g/mol. The maximum atomic E-state index is 13.0. The van der Waals surface area contributed by atoms with Crippen molar-refractivity contribution in [3.05, 3.63) is 24.0 Å². The molecule has 0 spiro atoms. The van der Waals surface area contributed by atoms with Gasteiger partial charge in [0.1, 0.15) is 11.4 Å². The molecule has 0 N–H and O–H groups in total. The summed E-state index contributed by atoms with van der Waals surface area (Å²) in [6, 6.07) is 2.66. The molecule has 0 radical (unpaired) electrons. The third-order valence-corrected chi connectivity index (χ3v) is 4.26. The van der Waals surface area contributed by atoms with Gasteiger partial charge in [-0.2, -0.15) is 13.2 Å². The number of hydrogen-bond donors (Lipinski definition) is 0. The van der Waals surface area contributed by atoms with Crippen LogP contribution in [0.3, 0.4) is 0 Å². The number of amides is 1. The van der Waals surface area contributed by atoms with E-state index in [2.05, 4.69) is 4.98 Å². The van der Waals surface area contributed by atoms with Gasteiger partial charge in [-0.15, -0.1) is 0 Å². The van der Waals surface area contributed by atoms with E-state index in [4.69, 9.17) is 9.47 Å². The van der Waals surface area contributed by atoms with Crippen molar-refractivity contribution < 1.29 is 27.4 Å². The van der Waals surface area contributed by atoms with E-state index >= 15 is 0 Å². The quantitative estimate of drug-likeness (QED) is 0.788. The number of halogens is 3. The summed E-state index contributed by atoms with van der Waals surface area (Å²) in [5.41, 5.74) is -1.63. The van der Waals surface area contributed by atoms with Gasteiger partial charge >= 0.3 is 12.3 Å². The van der Waals surface area contributed by atoms with Crippen LogP contribution in [0.1, 0.15) is 39.8 Å². The first-order valence-electron chi connectivity index (χ1n) is 8.60. The minimum Gasteiger partial charge on any atom is -0.491 e. The topological polar surface area (TPSA) is 51.7 Å². The van der Waals surface area contributed by atoms with Crippen molar-refractivity contribution in [2.24, 2.45) is 11.8 Å². The number of ether oxygens (including phenoxy) is 2. The Balaban J connectivity index is 2.02. The predicted octanol–water partition coefficient (Wildman–Crippen LogP) is 4.37. The fourth-order valence-corrected chi connectivity index (χ4v) is 2.78. The van der Waals surface area contributed by atoms with Crippen LogP contribution in [0.15, 0.2) is 18.3 Å². The molecule has 0 saturated carbocycles. The van der Waals surface area contributed by atoms with E-state index in [0.29, 0.717) is 13.1 Å². The lowest BCUT2D eigenvalue weighted by molar-refractivity contribution is -0.142. The zero-order chi connectivity index (χ0) is 19.5. The number of aromatic nitrogens is 1. The van der Waals surface area contributed by atoms with Gasteiger partial charge in [-0.3, -0.25) is 0 Å². The van der Waals surface area contributed by atoms with Crippen LogP contribution in [-0.2, 0) is 10.9 Å². The summed E-state index contributed by atoms with van der Waals surface area (Å²) >= 11 is 0. The van der Waals surface area contributed by atoms with E-state index in [9.17, 15) is 18.0 Å². The van der Waals surface area contributed by atoms with Crippen LogP contribution in [0.5, 0.6) is 5.75 Å². The second kappa shape index (κ2) is 7.72. The van der Waals surface area contributed by atoms with Gasteiger partial charge in [0.05, 0.1) is 6.61 Å². The number of nitrogens with zero attached hydrogens (tertiary/aromatic N) is 2. The van der Waals surface area contributed by atoms with Crippen LogP contribution in [0.4, 0.5) is 18.0 Å². The molecule has 26 heavy (non-hydrogen) atoms. The summed E-state index contributed by atoms with van der Waals surface area (Å²) < 4.78 is 49.8. The Bertz CT molecular complexity index is 629. The molecule has 2 heterocycles. The van der Waals surface area contributed by atoms with E-state index in [-0.39, 0.29) is 24.2 Å². The fraction of sp³-hybridized carbons (Fsp3) is 0.667. The molecule has 1 aromatic heterocycles. The number of pyridine rings is 1. The van der Waals surface area contributed by atoms with Crippen molar-refractivity contribution in [3.63, 3.8) is 0 Å². The average molecular weight is 374 g/mol. The van der Waals surface area contributed by atoms with Crippen molar-refractivity contribution in [1.82, 2.24) is 9.88 Å². The Labute approximate surface area is 151 Å². The van der Waals surface area contributed by atoms with Gasteiger partial charge in [0.25, 0.3) is 0 Å². The van der Waals surface area contributed by atoms with Crippen LogP contribution in [0.2, 0.25) is 0 Å². The molecule has 1 saturated heterocycles. The summed E-state index contributed by atoms with van der Waals surface area (Å²) in [6.07, 6.45) is -3.15. The summed E-state index contributed by atoms with van der Waals surface area (Å²) in [5, 5.41) is 0. The number of carbonyl (C=O) groups is 1. The molecule has 2 atom stereocenters. The summed E-state index contributed by atoms with van der Waals surface area (Å²) in [5.74, 6) is -0.154. The lowest BCUT2D eigenvalue weighted by atomic mass is 9.88. The average Bonchev–Trinajstić information content (AvgIpc) is 2.51. The second-order valence-electron chi connectivity index (χ2n) is 7.61. The van der Waals surface area contributed by atoms with Crippen LogP contribution < -0.4 is 4.74 Å². The van der Waals surface area contributed by atoms with Crippen molar-refractivity contribution in [2.75, 3.05) is 19.7 Å². The Morgan fingerprint density at radius 1 is 1.35 bits per heavy atom. The molecular weight excluding hydrogens is 349 g/mol. The van der Waals surface area contributed by atoms with Gasteiger partial charge < -0.3 is 14.4 Å². The Morgan fingerprint density at radius 3 is 2.65 bits per heavy atom. The first-order valence-corrected chi connectivity index (χ1v) is 8.60. The van der Waals surface area contributed by atoms with E-state index in [1.165, 1.54) is 12.1 Å². The molecule has 8 heteroatoms. The SMILES string of the molecule is CC1CCN(C(=O)OC(C)(C)C)CC1COc1cccnc1C(F)(F)F. The third kappa shape index (κ3) is 5.51. The van der Waals surface area contributed by atoms with Crippen LogP contribution >= 0.6 is 0 Å². The molecule has 2 unspecified atom stereocenters. The van der Waals surface area contributed by atoms with Gasteiger partial charge in [0.2, 0.25) is 0 Å². The zero-order valence-electron chi connectivity index (χ0n) is 15.5. The summed E-state index contributed by atoms with van der Waals surface area (Å²) in [7, 11) is 0. The van der Waals surface area contributed by atoms with E-state index in [1.54, 1.807) is 25.7 Å². The number of piperidine rings is 1. The maximum Gasteiger partial charge on any atom is 0.437 e. The van der Waals surface area contributed by atoms with Gasteiger partial charge in [-0.1, -0.05) is 6.92 Å². The molecule has 0 aromatic carbocycles. The third-order valence-electron chi connectivity index (χ3n) is 4.26. The smallest absolute Gasteiger partial charge is 0.437 e. The fourth-order valence-electron chi connectivity index (χ4n) is 2.78. The first kappa shape index (κ1) is 20.3. The van der Waals surface area contributed by atoms with Crippen LogP contribution in [0.25, 0.3) is 0 Å². The summed E-state index contributed by atoms with van der Waals surface area (Å²) in [6.45, 7) is 8.41. The van der Waals surface area contributed by atoms with Crippen molar-refractivity contribution in [2.45, 2.75) is 45.9 Å². The highest BCUT2D eigenvalue weighted by atomic mass is 19.4. The Hall–Kier alpha value is -1.99. The first-order chi connectivity index (χ1) is 12.0. The second-order valence-corrected chi connectivity index (χ2v) is 7.61. The molecule has 5 nitrogen and oxygen atoms in total. The van der Waals surface area contributed by atoms with Crippen molar-refractivity contribution in [1.29, 1.82) is 0 Å². The van der Waals surface area contributed by atoms with Crippen molar-refractivity contribution in [3.8, 4) is 5.75 Å². The molecule has 146 valence electrons. The minimum atomic E-state index is -4.57. The molecule has 1 aliphatic rings. The molecular formula is C18H25F3N2O3. The zero-order valence-corrected chi connectivity index (χ0v) is 15.5. The molecule has 0 aliphatic carbocycles. The van der Waals surface area contributed by atoms with E-state index in [0.717, 1.165) is 12.6 Å². The van der Waals surface area contributed by atoms with Crippen LogP contribution in [0, 0.1) is 11.8 Å². The molecule has 1 aromatic rings. The molecule has 1 fully saturated rings. The maximum absolute atomic E-state index is 13.0. The number of alkyl halides is 3. The minimum absolute atomic E-state index is 0.0786. The number of rotatable bonds is 3. The predicted molar refractivity (Wildman–Crippen MR) is 89.8 cm³/mol. The Kier molecular flexibility index (Phi) is 6.03.